The van der Waals surface area contributed by atoms with Crippen molar-refractivity contribution in [3.8, 4) is 0 Å². The molecular formula is C10H12F2. The molecule has 2 heteroatoms. The van der Waals surface area contributed by atoms with Gasteiger partial charge in [-0.15, -0.1) is 0 Å². The molecular weight excluding hydrogens is 158 g/mol. The molecule has 66 valence electrons. The molecule has 0 spiro atoms. The van der Waals surface area contributed by atoms with E-state index in [1.807, 2.05) is 13.8 Å². The van der Waals surface area contributed by atoms with E-state index in [0.29, 0.717) is 11.1 Å². The minimum atomic E-state index is -0.475. The molecule has 0 aromatic heterocycles. The van der Waals surface area contributed by atoms with Gasteiger partial charge >= 0.3 is 0 Å². The van der Waals surface area contributed by atoms with E-state index in [2.05, 4.69) is 0 Å². The predicted molar refractivity (Wildman–Crippen MR) is 45.2 cm³/mol. The Morgan fingerprint density at radius 1 is 1.08 bits per heavy atom. The molecule has 0 nitrogen and oxygen atoms in total. The van der Waals surface area contributed by atoms with Gasteiger partial charge in [-0.2, -0.15) is 0 Å². The van der Waals surface area contributed by atoms with Crippen LogP contribution in [0.5, 0.6) is 0 Å². The number of aryl methyl sites for hydroxylation is 1. The predicted octanol–water partition coefficient (Wildman–Crippen LogP) is 3.40. The lowest BCUT2D eigenvalue weighted by Gasteiger charge is -2.08. The van der Waals surface area contributed by atoms with Crippen LogP contribution in [-0.2, 0) is 0 Å². The van der Waals surface area contributed by atoms with Crippen molar-refractivity contribution in [3.05, 3.63) is 34.9 Å². The van der Waals surface area contributed by atoms with Crippen LogP contribution in [0.4, 0.5) is 8.78 Å². The van der Waals surface area contributed by atoms with Crippen molar-refractivity contribution in [1.82, 2.24) is 0 Å². The van der Waals surface area contributed by atoms with E-state index in [4.69, 9.17) is 0 Å². The van der Waals surface area contributed by atoms with Gasteiger partial charge < -0.3 is 0 Å². The standard InChI is InChI=1S/C10H12F2/c1-6(2)8-4-7(3)9(11)5-10(8)12/h4-6H,1-3H3. The lowest BCUT2D eigenvalue weighted by molar-refractivity contribution is 0.560. The molecule has 1 aromatic carbocycles. The van der Waals surface area contributed by atoms with Crippen molar-refractivity contribution in [2.75, 3.05) is 0 Å². The van der Waals surface area contributed by atoms with Crippen LogP contribution in [-0.4, -0.2) is 0 Å². The summed E-state index contributed by atoms with van der Waals surface area (Å²) in [6.45, 7) is 5.41. The van der Waals surface area contributed by atoms with Crippen molar-refractivity contribution < 1.29 is 8.78 Å². The normalized spacial score (nSPS) is 10.8. The Bertz CT molecular complexity index is 290. The van der Waals surface area contributed by atoms with Gasteiger partial charge in [0.15, 0.2) is 0 Å². The van der Waals surface area contributed by atoms with Crippen LogP contribution in [0.1, 0.15) is 30.9 Å². The summed E-state index contributed by atoms with van der Waals surface area (Å²) in [5, 5.41) is 0. The van der Waals surface area contributed by atoms with E-state index in [0.717, 1.165) is 6.07 Å². The fourth-order valence-corrected chi connectivity index (χ4v) is 1.12. The summed E-state index contributed by atoms with van der Waals surface area (Å²) in [7, 11) is 0. The third-order valence-electron chi connectivity index (χ3n) is 1.90. The third-order valence-corrected chi connectivity index (χ3v) is 1.90. The summed E-state index contributed by atoms with van der Waals surface area (Å²) in [6, 6.07) is 2.51. The first kappa shape index (κ1) is 9.17. The maximum atomic E-state index is 13.0. The first-order valence-electron chi connectivity index (χ1n) is 3.98. The van der Waals surface area contributed by atoms with Gasteiger partial charge in [-0.25, -0.2) is 8.78 Å². The summed E-state index contributed by atoms with van der Waals surface area (Å²) >= 11 is 0. The second kappa shape index (κ2) is 3.21. The van der Waals surface area contributed by atoms with Crippen LogP contribution >= 0.6 is 0 Å². The average molecular weight is 170 g/mol. The molecule has 0 fully saturated rings. The van der Waals surface area contributed by atoms with Gasteiger partial charge in [0.1, 0.15) is 11.6 Å². The van der Waals surface area contributed by atoms with Crippen molar-refractivity contribution in [2.45, 2.75) is 26.7 Å². The van der Waals surface area contributed by atoms with Gasteiger partial charge in [-0.3, -0.25) is 0 Å². The van der Waals surface area contributed by atoms with Gasteiger partial charge in [0.05, 0.1) is 0 Å². The number of rotatable bonds is 1. The molecule has 0 radical (unpaired) electrons. The largest absolute Gasteiger partial charge is 0.207 e. The average Bonchev–Trinajstić information content (AvgIpc) is 1.96. The summed E-state index contributed by atoms with van der Waals surface area (Å²) in [5.41, 5.74) is 1.08. The van der Waals surface area contributed by atoms with Gasteiger partial charge in [-0.1, -0.05) is 19.9 Å². The highest BCUT2D eigenvalue weighted by Gasteiger charge is 2.09. The fraction of sp³-hybridized carbons (Fsp3) is 0.400. The molecule has 0 aliphatic heterocycles. The van der Waals surface area contributed by atoms with Crippen molar-refractivity contribution in [3.63, 3.8) is 0 Å². The Labute approximate surface area is 71.2 Å². The highest BCUT2D eigenvalue weighted by Crippen LogP contribution is 2.21. The number of hydrogen-bond donors (Lipinski definition) is 0. The second-order valence-corrected chi connectivity index (χ2v) is 3.28. The Balaban J connectivity index is 3.23. The molecule has 0 unspecified atom stereocenters. The van der Waals surface area contributed by atoms with Gasteiger partial charge in [0.2, 0.25) is 0 Å². The summed E-state index contributed by atoms with van der Waals surface area (Å²) in [6.07, 6.45) is 0. The molecule has 0 bridgehead atoms. The minimum absolute atomic E-state index is 0.101. The second-order valence-electron chi connectivity index (χ2n) is 3.28. The molecule has 1 rings (SSSR count). The summed E-state index contributed by atoms with van der Waals surface area (Å²) < 4.78 is 25.8. The Hall–Kier alpha value is -0.920. The van der Waals surface area contributed by atoms with Crippen LogP contribution in [0.15, 0.2) is 12.1 Å². The molecule has 0 heterocycles. The molecule has 0 N–H and O–H groups in total. The zero-order chi connectivity index (χ0) is 9.30. The van der Waals surface area contributed by atoms with Crippen LogP contribution in [0.2, 0.25) is 0 Å². The molecule has 0 atom stereocenters. The van der Waals surface area contributed by atoms with E-state index in [-0.39, 0.29) is 5.92 Å². The van der Waals surface area contributed by atoms with Gasteiger partial charge in [0.25, 0.3) is 0 Å². The van der Waals surface area contributed by atoms with Crippen LogP contribution < -0.4 is 0 Å². The molecule has 0 amide bonds. The fourth-order valence-electron chi connectivity index (χ4n) is 1.12. The maximum absolute atomic E-state index is 13.0. The van der Waals surface area contributed by atoms with Crippen LogP contribution in [0.3, 0.4) is 0 Å². The molecule has 0 aliphatic carbocycles. The van der Waals surface area contributed by atoms with E-state index < -0.39 is 11.6 Å². The molecule has 0 aliphatic rings. The van der Waals surface area contributed by atoms with E-state index in [1.54, 1.807) is 13.0 Å². The molecule has 12 heavy (non-hydrogen) atoms. The maximum Gasteiger partial charge on any atom is 0.129 e. The zero-order valence-electron chi connectivity index (χ0n) is 7.49. The quantitative estimate of drug-likeness (QED) is 0.606. The molecule has 0 saturated carbocycles. The Morgan fingerprint density at radius 3 is 2.17 bits per heavy atom. The monoisotopic (exact) mass is 170 g/mol. The van der Waals surface area contributed by atoms with Crippen LogP contribution in [0.25, 0.3) is 0 Å². The molecule has 1 aromatic rings. The van der Waals surface area contributed by atoms with Crippen molar-refractivity contribution >= 4 is 0 Å². The van der Waals surface area contributed by atoms with Crippen molar-refractivity contribution in [2.24, 2.45) is 0 Å². The highest BCUT2D eigenvalue weighted by molar-refractivity contribution is 5.27. The first-order valence-corrected chi connectivity index (χ1v) is 3.98. The minimum Gasteiger partial charge on any atom is -0.207 e. The number of halogens is 2. The lowest BCUT2D eigenvalue weighted by Crippen LogP contribution is -1.96. The van der Waals surface area contributed by atoms with Gasteiger partial charge in [-0.05, 0) is 24.0 Å². The SMILES string of the molecule is Cc1cc(C(C)C)c(F)cc1F. The lowest BCUT2D eigenvalue weighted by atomic mass is 10.0. The Kier molecular flexibility index (Phi) is 2.46. The zero-order valence-corrected chi connectivity index (χ0v) is 7.49. The van der Waals surface area contributed by atoms with E-state index in [1.165, 1.54) is 0 Å². The topological polar surface area (TPSA) is 0 Å². The van der Waals surface area contributed by atoms with E-state index >= 15 is 0 Å². The van der Waals surface area contributed by atoms with Crippen LogP contribution in [0, 0.1) is 18.6 Å². The van der Waals surface area contributed by atoms with Crippen molar-refractivity contribution in [1.29, 1.82) is 0 Å². The smallest absolute Gasteiger partial charge is 0.129 e. The number of hydrogen-bond acceptors (Lipinski definition) is 0. The first-order chi connectivity index (χ1) is 5.52. The summed E-state index contributed by atoms with van der Waals surface area (Å²) in [5.74, 6) is -0.825. The molecule has 0 saturated heterocycles. The third kappa shape index (κ3) is 1.63. The Morgan fingerprint density at radius 2 is 1.67 bits per heavy atom. The van der Waals surface area contributed by atoms with E-state index in [9.17, 15) is 8.78 Å². The van der Waals surface area contributed by atoms with Gasteiger partial charge in [0, 0.05) is 6.07 Å². The summed E-state index contributed by atoms with van der Waals surface area (Å²) in [4.78, 5) is 0. The number of benzene rings is 1. The highest BCUT2D eigenvalue weighted by atomic mass is 19.1.